The third-order valence-corrected chi connectivity index (χ3v) is 5.89. The van der Waals surface area contributed by atoms with Crippen molar-refractivity contribution in [3.8, 4) is 5.75 Å². The van der Waals surface area contributed by atoms with Crippen LogP contribution in [0, 0.1) is 11.8 Å². The third kappa shape index (κ3) is 7.22. The number of amides is 2. The van der Waals surface area contributed by atoms with Crippen LogP contribution in [0.15, 0.2) is 54.6 Å². The van der Waals surface area contributed by atoms with Crippen LogP contribution < -0.4 is 9.64 Å². The first-order valence-electron chi connectivity index (χ1n) is 11.6. The van der Waals surface area contributed by atoms with E-state index in [0.29, 0.717) is 38.4 Å². The number of carbonyl (C=O) groups is 2. The molecule has 0 bridgehead atoms. The highest BCUT2D eigenvalue weighted by Crippen LogP contribution is 2.22. The van der Waals surface area contributed by atoms with Crippen molar-refractivity contribution >= 4 is 18.0 Å². The first-order chi connectivity index (χ1) is 16.0. The van der Waals surface area contributed by atoms with Crippen LogP contribution in [0.3, 0.4) is 0 Å². The molecule has 0 radical (unpaired) electrons. The normalized spacial score (nSPS) is 14.8. The molecule has 1 fully saturated rings. The maximum absolute atomic E-state index is 13.4. The van der Waals surface area contributed by atoms with Crippen molar-refractivity contribution in [2.45, 2.75) is 26.9 Å². The van der Waals surface area contributed by atoms with E-state index in [1.807, 2.05) is 59.5 Å². The highest BCUT2D eigenvalue weighted by atomic mass is 16.7. The Hall–Kier alpha value is -3.06. The summed E-state index contributed by atoms with van der Waals surface area (Å²) in [4.78, 5) is 34.9. The van der Waals surface area contributed by atoms with Gasteiger partial charge in [-0.15, -0.1) is 0 Å². The number of hydrogen-bond acceptors (Lipinski definition) is 5. The van der Waals surface area contributed by atoms with Gasteiger partial charge in [-0.25, -0.2) is 5.06 Å². The highest BCUT2D eigenvalue weighted by Gasteiger charge is 2.30. The smallest absolute Gasteiger partial charge is 0.233 e. The molecule has 1 atom stereocenters. The number of ether oxygens (including phenoxy) is 1. The van der Waals surface area contributed by atoms with Gasteiger partial charge in [-0.3, -0.25) is 14.4 Å². The van der Waals surface area contributed by atoms with Crippen LogP contribution in [0.5, 0.6) is 5.75 Å². The van der Waals surface area contributed by atoms with E-state index in [0.717, 1.165) is 30.1 Å². The Balaban J connectivity index is 1.57. The lowest BCUT2D eigenvalue weighted by molar-refractivity contribution is -0.183. The fraction of sp³-hybridized carbons (Fsp3) is 0.462. The van der Waals surface area contributed by atoms with Gasteiger partial charge in [-0.05, 0) is 42.2 Å². The Labute approximate surface area is 196 Å². The molecule has 0 unspecified atom stereocenters. The number of benzene rings is 2. The fourth-order valence-corrected chi connectivity index (χ4v) is 4.13. The summed E-state index contributed by atoms with van der Waals surface area (Å²) in [6.07, 6.45) is 1.38. The maximum Gasteiger partial charge on any atom is 0.233 e. The molecule has 1 saturated heterocycles. The van der Waals surface area contributed by atoms with Gasteiger partial charge in [0.1, 0.15) is 12.4 Å². The molecule has 0 aromatic heterocycles. The minimum atomic E-state index is -0.293. The second-order valence-corrected chi connectivity index (χ2v) is 8.80. The van der Waals surface area contributed by atoms with E-state index >= 15 is 0 Å². The molecule has 178 valence electrons. The van der Waals surface area contributed by atoms with Crippen molar-refractivity contribution < 1.29 is 19.2 Å². The van der Waals surface area contributed by atoms with E-state index in [4.69, 9.17) is 9.57 Å². The van der Waals surface area contributed by atoms with Crippen LogP contribution in [0.25, 0.3) is 0 Å². The summed E-state index contributed by atoms with van der Waals surface area (Å²) in [5.74, 6) is 0.965. The molecule has 0 N–H and O–H groups in total. The SMILES string of the molecule is COc1ccc(N2CCN(C(=O)[C@@H](CC(C)C)CN(C=O)OCc3ccccc3)CC2)cc1. The number of hydroxylamine groups is 2. The lowest BCUT2D eigenvalue weighted by Gasteiger charge is -2.38. The number of piperazine rings is 1. The molecule has 7 heteroatoms. The summed E-state index contributed by atoms with van der Waals surface area (Å²) in [5.41, 5.74) is 2.11. The van der Waals surface area contributed by atoms with Crippen molar-refractivity contribution in [1.82, 2.24) is 9.96 Å². The molecule has 2 aromatic rings. The average Bonchev–Trinajstić information content (AvgIpc) is 2.86. The van der Waals surface area contributed by atoms with Crippen molar-refractivity contribution in [2.75, 3.05) is 44.7 Å². The molecular formula is C26H35N3O4. The molecule has 1 aliphatic rings. The van der Waals surface area contributed by atoms with Crippen LogP contribution in [0.2, 0.25) is 0 Å². The summed E-state index contributed by atoms with van der Waals surface area (Å²) in [5, 5.41) is 1.27. The van der Waals surface area contributed by atoms with Crippen LogP contribution in [0.1, 0.15) is 25.8 Å². The Morgan fingerprint density at radius 3 is 2.27 bits per heavy atom. The molecule has 2 amide bonds. The van der Waals surface area contributed by atoms with Gasteiger partial charge in [-0.1, -0.05) is 44.2 Å². The van der Waals surface area contributed by atoms with Crippen molar-refractivity contribution in [2.24, 2.45) is 11.8 Å². The van der Waals surface area contributed by atoms with Gasteiger partial charge in [0.05, 0.1) is 19.6 Å². The van der Waals surface area contributed by atoms with Gasteiger partial charge in [0.15, 0.2) is 0 Å². The Morgan fingerprint density at radius 2 is 1.70 bits per heavy atom. The number of hydrogen-bond donors (Lipinski definition) is 0. The second-order valence-electron chi connectivity index (χ2n) is 8.80. The number of anilines is 1. The molecule has 1 heterocycles. The molecule has 0 spiro atoms. The Morgan fingerprint density at radius 1 is 1.03 bits per heavy atom. The van der Waals surface area contributed by atoms with Gasteiger partial charge < -0.3 is 14.5 Å². The lowest BCUT2D eigenvalue weighted by atomic mass is 9.95. The van der Waals surface area contributed by atoms with Gasteiger partial charge in [0.25, 0.3) is 0 Å². The summed E-state index contributed by atoms with van der Waals surface area (Å²) >= 11 is 0. The fourth-order valence-electron chi connectivity index (χ4n) is 4.13. The van der Waals surface area contributed by atoms with Gasteiger partial charge in [-0.2, -0.15) is 0 Å². The molecule has 1 aliphatic heterocycles. The average molecular weight is 454 g/mol. The van der Waals surface area contributed by atoms with Crippen LogP contribution in [-0.4, -0.2) is 62.1 Å². The monoisotopic (exact) mass is 453 g/mol. The Kier molecular flexibility index (Phi) is 9.13. The highest BCUT2D eigenvalue weighted by molar-refractivity contribution is 5.79. The largest absolute Gasteiger partial charge is 0.497 e. The Bertz CT molecular complexity index is 865. The molecule has 2 aromatic carbocycles. The number of methoxy groups -OCH3 is 1. The minimum absolute atomic E-state index is 0.0910. The van der Waals surface area contributed by atoms with Crippen molar-refractivity contribution in [1.29, 1.82) is 0 Å². The van der Waals surface area contributed by atoms with Crippen molar-refractivity contribution in [3.05, 3.63) is 60.2 Å². The van der Waals surface area contributed by atoms with E-state index < -0.39 is 0 Å². The lowest BCUT2D eigenvalue weighted by Crippen LogP contribution is -2.51. The van der Waals surface area contributed by atoms with E-state index in [2.05, 4.69) is 18.7 Å². The first kappa shape index (κ1) is 24.6. The molecule has 7 nitrogen and oxygen atoms in total. The standard InChI is InChI=1S/C26H35N3O4/c1-21(2)17-23(18-29(20-30)33-19-22-7-5-4-6-8-22)26(31)28-15-13-27(14-16-28)24-9-11-25(32-3)12-10-24/h4-12,20-21,23H,13-19H2,1-3H3/t23-/m0/s1. The number of rotatable bonds is 11. The third-order valence-electron chi connectivity index (χ3n) is 5.89. The number of nitrogens with zero attached hydrogens (tertiary/aromatic N) is 3. The summed E-state index contributed by atoms with van der Waals surface area (Å²) in [6.45, 7) is 7.60. The van der Waals surface area contributed by atoms with Crippen LogP contribution in [-0.2, 0) is 21.0 Å². The molecule has 0 aliphatic carbocycles. The summed E-state index contributed by atoms with van der Waals surface area (Å²) < 4.78 is 5.24. The topological polar surface area (TPSA) is 62.3 Å². The van der Waals surface area contributed by atoms with Gasteiger partial charge >= 0.3 is 0 Å². The van der Waals surface area contributed by atoms with E-state index in [-0.39, 0.29) is 18.4 Å². The van der Waals surface area contributed by atoms with Gasteiger partial charge in [0, 0.05) is 31.9 Å². The number of carbonyl (C=O) groups excluding carboxylic acids is 2. The summed E-state index contributed by atoms with van der Waals surface area (Å²) in [7, 11) is 1.66. The quantitative estimate of drug-likeness (QED) is 0.384. The zero-order valence-corrected chi connectivity index (χ0v) is 19.9. The van der Waals surface area contributed by atoms with Crippen LogP contribution in [0.4, 0.5) is 5.69 Å². The zero-order valence-electron chi connectivity index (χ0n) is 19.9. The second kappa shape index (κ2) is 12.3. The molecular weight excluding hydrogens is 418 g/mol. The first-order valence-corrected chi connectivity index (χ1v) is 11.6. The van der Waals surface area contributed by atoms with Gasteiger partial charge in [0.2, 0.25) is 12.3 Å². The van der Waals surface area contributed by atoms with Crippen LogP contribution >= 0.6 is 0 Å². The minimum Gasteiger partial charge on any atom is -0.497 e. The zero-order chi connectivity index (χ0) is 23.6. The molecule has 0 saturated carbocycles. The molecule has 3 rings (SSSR count). The molecule has 33 heavy (non-hydrogen) atoms. The van der Waals surface area contributed by atoms with E-state index in [1.54, 1.807) is 7.11 Å². The maximum atomic E-state index is 13.4. The predicted molar refractivity (Wildman–Crippen MR) is 129 cm³/mol. The van der Waals surface area contributed by atoms with Crippen molar-refractivity contribution in [3.63, 3.8) is 0 Å². The predicted octanol–water partition coefficient (Wildman–Crippen LogP) is 3.60. The van der Waals surface area contributed by atoms with E-state index in [1.165, 1.54) is 5.06 Å². The summed E-state index contributed by atoms with van der Waals surface area (Å²) in [6, 6.07) is 17.7. The van der Waals surface area contributed by atoms with E-state index in [9.17, 15) is 9.59 Å².